The fourth-order valence-corrected chi connectivity index (χ4v) is 5.62. The summed E-state index contributed by atoms with van der Waals surface area (Å²) in [6.07, 6.45) is 17.5. The monoisotopic (exact) mass is 393 g/mol. The molecule has 1 aliphatic heterocycles. The molecule has 0 N–H and O–H groups in total. The van der Waals surface area contributed by atoms with E-state index in [9.17, 15) is 0 Å². The fourth-order valence-electron chi connectivity index (χ4n) is 5.62. The number of hydrogen-bond acceptors (Lipinski definition) is 3. The number of allylic oxidation sites excluding steroid dienone is 1. The summed E-state index contributed by atoms with van der Waals surface area (Å²) in [5, 5.41) is 8.98. The second-order valence-corrected chi connectivity index (χ2v) is 9.21. The Morgan fingerprint density at radius 1 is 0.862 bits per heavy atom. The van der Waals surface area contributed by atoms with Gasteiger partial charge in [-0.3, -0.25) is 0 Å². The van der Waals surface area contributed by atoms with Gasteiger partial charge in [0.15, 0.2) is 6.29 Å². The van der Waals surface area contributed by atoms with Gasteiger partial charge in [-0.25, -0.2) is 0 Å². The van der Waals surface area contributed by atoms with Gasteiger partial charge in [0.1, 0.15) is 0 Å². The Hall–Kier alpha value is -1.63. The van der Waals surface area contributed by atoms with Crippen LogP contribution in [0.5, 0.6) is 0 Å². The summed E-state index contributed by atoms with van der Waals surface area (Å²) in [4.78, 5) is 0. The summed E-state index contributed by atoms with van der Waals surface area (Å²) >= 11 is 0. The largest absolute Gasteiger partial charge is 0.352 e. The molecule has 0 amide bonds. The second kappa shape index (κ2) is 10.4. The SMILES string of the molecule is N#Cc1ccc(C2CCC(C3CCC(/C=C/CC4OCCCO4)CC3)CC2)cc1. The molecule has 3 aliphatic rings. The lowest BCUT2D eigenvalue weighted by Gasteiger charge is -2.37. The maximum atomic E-state index is 8.98. The highest BCUT2D eigenvalue weighted by atomic mass is 16.7. The van der Waals surface area contributed by atoms with Crippen molar-refractivity contribution in [1.29, 1.82) is 5.26 Å². The molecule has 3 fully saturated rings. The van der Waals surface area contributed by atoms with E-state index in [1.165, 1.54) is 56.9 Å². The lowest BCUT2D eigenvalue weighted by atomic mass is 9.68. The van der Waals surface area contributed by atoms with Crippen molar-refractivity contribution in [1.82, 2.24) is 0 Å². The Kier molecular flexibility index (Phi) is 7.41. The molecule has 1 aromatic rings. The first-order valence-electron chi connectivity index (χ1n) is 11.7. The Bertz CT molecular complexity index is 682. The molecule has 1 heterocycles. The van der Waals surface area contributed by atoms with E-state index < -0.39 is 0 Å². The Morgan fingerprint density at radius 3 is 2.10 bits per heavy atom. The second-order valence-electron chi connectivity index (χ2n) is 9.21. The molecule has 0 radical (unpaired) electrons. The number of nitrogens with zero attached hydrogens (tertiary/aromatic N) is 1. The molecule has 2 saturated carbocycles. The topological polar surface area (TPSA) is 42.2 Å². The van der Waals surface area contributed by atoms with E-state index in [-0.39, 0.29) is 6.29 Å². The van der Waals surface area contributed by atoms with Crippen LogP contribution in [0.3, 0.4) is 0 Å². The first kappa shape index (κ1) is 20.6. The van der Waals surface area contributed by atoms with E-state index in [0.29, 0.717) is 5.92 Å². The van der Waals surface area contributed by atoms with E-state index in [1.54, 1.807) is 0 Å². The third kappa shape index (κ3) is 5.71. The van der Waals surface area contributed by atoms with Crippen LogP contribution in [0.15, 0.2) is 36.4 Å². The van der Waals surface area contributed by atoms with Gasteiger partial charge in [-0.1, -0.05) is 24.3 Å². The van der Waals surface area contributed by atoms with Crippen LogP contribution in [-0.4, -0.2) is 19.5 Å². The summed E-state index contributed by atoms with van der Waals surface area (Å²) in [5.41, 5.74) is 2.20. The van der Waals surface area contributed by atoms with E-state index in [4.69, 9.17) is 14.7 Å². The molecule has 3 heteroatoms. The summed E-state index contributed by atoms with van der Waals surface area (Å²) in [7, 11) is 0. The van der Waals surface area contributed by atoms with Gasteiger partial charge in [0.25, 0.3) is 0 Å². The molecule has 0 aromatic heterocycles. The molecular formula is C26H35NO2. The standard InChI is InChI=1S/C26H35NO2/c27-19-21-7-11-23(12-8-21)25-15-13-24(14-16-25)22-9-5-20(6-10-22)3-1-4-26-28-17-2-18-29-26/h1,3,7-8,11-12,20,22,24-26H,2,4-6,9-10,13-18H2/b3-1+. The van der Waals surface area contributed by atoms with Crippen molar-refractivity contribution in [3.05, 3.63) is 47.5 Å². The normalized spacial score (nSPS) is 31.6. The van der Waals surface area contributed by atoms with Crippen LogP contribution in [0, 0.1) is 29.1 Å². The van der Waals surface area contributed by atoms with Crippen molar-refractivity contribution >= 4 is 0 Å². The van der Waals surface area contributed by atoms with Crippen LogP contribution in [0.2, 0.25) is 0 Å². The third-order valence-corrected chi connectivity index (χ3v) is 7.40. The van der Waals surface area contributed by atoms with Gasteiger partial charge in [-0.05, 0) is 99.2 Å². The van der Waals surface area contributed by atoms with Crippen molar-refractivity contribution in [3.63, 3.8) is 0 Å². The molecule has 29 heavy (non-hydrogen) atoms. The zero-order valence-electron chi connectivity index (χ0n) is 17.6. The number of hydrogen-bond donors (Lipinski definition) is 0. The zero-order valence-corrected chi connectivity index (χ0v) is 17.6. The van der Waals surface area contributed by atoms with Crippen molar-refractivity contribution in [3.8, 4) is 6.07 Å². The van der Waals surface area contributed by atoms with E-state index in [2.05, 4.69) is 30.4 Å². The minimum absolute atomic E-state index is 0.0115. The summed E-state index contributed by atoms with van der Waals surface area (Å²) in [6, 6.07) is 10.5. The minimum atomic E-state index is -0.0115. The van der Waals surface area contributed by atoms with Gasteiger partial charge >= 0.3 is 0 Å². The summed E-state index contributed by atoms with van der Waals surface area (Å²) < 4.78 is 11.3. The molecule has 3 nitrogen and oxygen atoms in total. The van der Waals surface area contributed by atoms with E-state index in [0.717, 1.165) is 49.4 Å². The maximum Gasteiger partial charge on any atom is 0.160 e. The molecule has 0 bridgehead atoms. The minimum Gasteiger partial charge on any atom is -0.352 e. The average molecular weight is 394 g/mol. The molecule has 4 rings (SSSR count). The first-order valence-corrected chi connectivity index (χ1v) is 11.7. The maximum absolute atomic E-state index is 8.98. The lowest BCUT2D eigenvalue weighted by molar-refractivity contribution is -0.175. The molecule has 1 aromatic carbocycles. The third-order valence-electron chi connectivity index (χ3n) is 7.40. The molecular weight excluding hydrogens is 358 g/mol. The van der Waals surface area contributed by atoms with Crippen LogP contribution in [0.25, 0.3) is 0 Å². The first-order chi connectivity index (χ1) is 14.3. The molecule has 0 unspecified atom stereocenters. The van der Waals surface area contributed by atoms with Crippen LogP contribution in [0.4, 0.5) is 0 Å². The van der Waals surface area contributed by atoms with Gasteiger partial charge in [-0.15, -0.1) is 0 Å². The zero-order chi connectivity index (χ0) is 19.9. The van der Waals surface area contributed by atoms with Crippen LogP contribution in [-0.2, 0) is 9.47 Å². The average Bonchev–Trinajstić information content (AvgIpc) is 2.80. The fraction of sp³-hybridized carbons (Fsp3) is 0.654. The lowest BCUT2D eigenvalue weighted by Crippen LogP contribution is -2.25. The molecule has 1 saturated heterocycles. The Labute approximate surface area is 176 Å². The van der Waals surface area contributed by atoms with Gasteiger partial charge in [-0.2, -0.15) is 5.26 Å². The number of benzene rings is 1. The van der Waals surface area contributed by atoms with Crippen molar-refractivity contribution in [2.75, 3.05) is 13.2 Å². The predicted molar refractivity (Wildman–Crippen MR) is 115 cm³/mol. The van der Waals surface area contributed by atoms with E-state index in [1.807, 2.05) is 12.1 Å². The summed E-state index contributed by atoms with van der Waals surface area (Å²) in [6.45, 7) is 1.69. The quantitative estimate of drug-likeness (QED) is 0.548. The van der Waals surface area contributed by atoms with Gasteiger partial charge in [0, 0.05) is 6.42 Å². The van der Waals surface area contributed by atoms with Crippen molar-refractivity contribution in [2.24, 2.45) is 17.8 Å². The number of nitriles is 1. The molecule has 156 valence electrons. The highest BCUT2D eigenvalue weighted by Gasteiger charge is 2.30. The highest BCUT2D eigenvalue weighted by Crippen LogP contribution is 2.44. The number of ether oxygens (including phenoxy) is 2. The Morgan fingerprint density at radius 2 is 1.48 bits per heavy atom. The Balaban J connectivity index is 1.17. The molecule has 0 spiro atoms. The highest BCUT2D eigenvalue weighted by molar-refractivity contribution is 5.33. The molecule has 2 aliphatic carbocycles. The van der Waals surface area contributed by atoms with Gasteiger partial charge in [0.2, 0.25) is 0 Å². The smallest absolute Gasteiger partial charge is 0.160 e. The van der Waals surface area contributed by atoms with Gasteiger partial charge < -0.3 is 9.47 Å². The van der Waals surface area contributed by atoms with Crippen molar-refractivity contribution in [2.45, 2.75) is 76.4 Å². The predicted octanol–water partition coefficient (Wildman–Crippen LogP) is 6.35. The van der Waals surface area contributed by atoms with Crippen LogP contribution >= 0.6 is 0 Å². The van der Waals surface area contributed by atoms with E-state index >= 15 is 0 Å². The van der Waals surface area contributed by atoms with Crippen LogP contribution in [0.1, 0.15) is 81.3 Å². The van der Waals surface area contributed by atoms with Crippen LogP contribution < -0.4 is 0 Å². The number of rotatable bonds is 5. The van der Waals surface area contributed by atoms with Crippen molar-refractivity contribution < 1.29 is 9.47 Å². The molecule has 0 atom stereocenters. The van der Waals surface area contributed by atoms with Gasteiger partial charge in [0.05, 0.1) is 24.8 Å². The summed E-state index contributed by atoms with van der Waals surface area (Å²) in [5.74, 6) is 3.32.